The van der Waals surface area contributed by atoms with Crippen molar-refractivity contribution in [2.24, 2.45) is 0 Å². The zero-order chi connectivity index (χ0) is 15.9. The average Bonchev–Trinajstić information content (AvgIpc) is 3.09. The fraction of sp³-hybridized carbons (Fsp3) is 0.600. The highest BCUT2D eigenvalue weighted by Crippen LogP contribution is 2.22. The molecule has 0 bridgehead atoms. The van der Waals surface area contributed by atoms with Crippen molar-refractivity contribution in [1.82, 2.24) is 14.5 Å². The summed E-state index contributed by atoms with van der Waals surface area (Å²) >= 11 is 0. The highest BCUT2D eigenvalue weighted by atomic mass is 16.6. The van der Waals surface area contributed by atoms with Crippen molar-refractivity contribution in [1.29, 1.82) is 0 Å². The van der Waals surface area contributed by atoms with Gasteiger partial charge < -0.3 is 24.0 Å². The summed E-state index contributed by atoms with van der Waals surface area (Å²) in [6, 6.07) is -0.0369. The lowest BCUT2D eigenvalue weighted by atomic mass is 10.1. The van der Waals surface area contributed by atoms with Crippen molar-refractivity contribution in [3.05, 3.63) is 30.9 Å². The molecule has 0 radical (unpaired) electrons. The first kappa shape index (κ1) is 16.5. The van der Waals surface area contributed by atoms with Crippen molar-refractivity contribution in [2.75, 3.05) is 20.3 Å². The Morgan fingerprint density at radius 1 is 1.64 bits per heavy atom. The molecule has 1 N–H and O–H groups in total. The van der Waals surface area contributed by atoms with Gasteiger partial charge in [0.1, 0.15) is 6.61 Å². The van der Waals surface area contributed by atoms with Gasteiger partial charge in [-0.15, -0.1) is 0 Å². The number of nitrogens with zero attached hydrogens (tertiary/aromatic N) is 3. The molecule has 7 nitrogen and oxygen atoms in total. The Labute approximate surface area is 130 Å². The predicted molar refractivity (Wildman–Crippen MR) is 80.2 cm³/mol. The number of methoxy groups -OCH3 is 1. The van der Waals surface area contributed by atoms with Gasteiger partial charge in [0.25, 0.3) is 0 Å². The van der Waals surface area contributed by atoms with Gasteiger partial charge in [-0.1, -0.05) is 12.7 Å². The van der Waals surface area contributed by atoms with E-state index in [0.29, 0.717) is 26.1 Å². The molecule has 0 aromatic carbocycles. The maximum Gasteiger partial charge on any atom is 0.410 e. The van der Waals surface area contributed by atoms with E-state index in [2.05, 4.69) is 11.6 Å². The second-order valence-electron chi connectivity index (χ2n) is 5.36. The van der Waals surface area contributed by atoms with E-state index in [1.54, 1.807) is 24.5 Å². The first-order valence-electron chi connectivity index (χ1n) is 7.36. The fourth-order valence-electron chi connectivity index (χ4n) is 2.71. The standard InChI is InChI=1S/C15H23N3O4/c1-3-6-22-15(20)18-9-14(19)7-12(18)4-5-17-11-16-8-13(17)10-21-2/h3,8,11-12,14,19H,1,4-7,9-10H2,2H3/t12-,14-/m1/s1. The highest BCUT2D eigenvalue weighted by molar-refractivity contribution is 5.68. The molecule has 1 aliphatic heterocycles. The van der Waals surface area contributed by atoms with E-state index in [1.165, 1.54) is 6.08 Å². The average molecular weight is 309 g/mol. The number of β-amino-alcohol motifs (C(OH)–C–C–N with tert-alkyl or cyclic N) is 1. The molecule has 2 heterocycles. The summed E-state index contributed by atoms with van der Waals surface area (Å²) in [5.74, 6) is 0. The third-order valence-electron chi connectivity index (χ3n) is 3.75. The Hall–Kier alpha value is -1.86. The molecule has 0 saturated carbocycles. The Bertz CT molecular complexity index is 503. The fourth-order valence-corrected chi connectivity index (χ4v) is 2.71. The summed E-state index contributed by atoms with van der Waals surface area (Å²) in [4.78, 5) is 17.7. The number of likely N-dealkylation sites (tertiary alicyclic amines) is 1. The van der Waals surface area contributed by atoms with E-state index in [1.807, 2.05) is 4.57 Å². The second kappa shape index (κ2) is 7.95. The van der Waals surface area contributed by atoms with Crippen LogP contribution in [0.25, 0.3) is 0 Å². The molecule has 22 heavy (non-hydrogen) atoms. The summed E-state index contributed by atoms with van der Waals surface area (Å²) < 4.78 is 12.2. The van der Waals surface area contributed by atoms with Crippen molar-refractivity contribution in [3.63, 3.8) is 0 Å². The van der Waals surface area contributed by atoms with Crippen LogP contribution in [0.15, 0.2) is 25.2 Å². The molecule has 1 amide bonds. The lowest BCUT2D eigenvalue weighted by Gasteiger charge is -2.23. The third-order valence-corrected chi connectivity index (χ3v) is 3.75. The quantitative estimate of drug-likeness (QED) is 0.765. The van der Waals surface area contributed by atoms with Gasteiger partial charge in [0.05, 0.1) is 37.5 Å². The Kier molecular flexibility index (Phi) is 5.97. The Balaban J connectivity index is 1.93. The zero-order valence-corrected chi connectivity index (χ0v) is 12.9. The second-order valence-corrected chi connectivity index (χ2v) is 5.36. The maximum absolute atomic E-state index is 12.0. The van der Waals surface area contributed by atoms with Crippen LogP contribution in [0.2, 0.25) is 0 Å². The van der Waals surface area contributed by atoms with Gasteiger partial charge >= 0.3 is 6.09 Å². The number of carbonyl (C=O) groups is 1. The van der Waals surface area contributed by atoms with E-state index in [4.69, 9.17) is 9.47 Å². The molecule has 1 aromatic rings. The lowest BCUT2D eigenvalue weighted by molar-refractivity contribution is 0.100. The lowest BCUT2D eigenvalue weighted by Crippen LogP contribution is -2.37. The number of hydrogen-bond donors (Lipinski definition) is 1. The molecule has 0 spiro atoms. The number of aliphatic hydroxyl groups is 1. The summed E-state index contributed by atoms with van der Waals surface area (Å²) in [7, 11) is 1.64. The minimum Gasteiger partial charge on any atom is -0.445 e. The van der Waals surface area contributed by atoms with Gasteiger partial charge in [-0.25, -0.2) is 9.78 Å². The van der Waals surface area contributed by atoms with Crippen LogP contribution < -0.4 is 0 Å². The molecule has 1 aliphatic rings. The number of aromatic nitrogens is 2. The number of imidazole rings is 1. The largest absolute Gasteiger partial charge is 0.445 e. The SMILES string of the molecule is C=CCOC(=O)N1C[C@H](O)C[C@H]1CCn1cncc1COC. The van der Waals surface area contributed by atoms with Crippen LogP contribution in [-0.4, -0.2) is 58.1 Å². The van der Waals surface area contributed by atoms with Crippen molar-refractivity contribution in [3.8, 4) is 0 Å². The van der Waals surface area contributed by atoms with Gasteiger partial charge in [-0.05, 0) is 12.8 Å². The molecule has 2 rings (SSSR count). The number of aliphatic hydroxyl groups excluding tert-OH is 1. The van der Waals surface area contributed by atoms with Crippen LogP contribution in [-0.2, 0) is 22.6 Å². The van der Waals surface area contributed by atoms with Crippen LogP contribution in [0.1, 0.15) is 18.5 Å². The number of amides is 1. The molecule has 1 aromatic heterocycles. The molecule has 122 valence electrons. The highest BCUT2D eigenvalue weighted by Gasteiger charge is 2.34. The van der Waals surface area contributed by atoms with Gasteiger partial charge in [-0.3, -0.25) is 0 Å². The van der Waals surface area contributed by atoms with Crippen LogP contribution in [0.5, 0.6) is 0 Å². The van der Waals surface area contributed by atoms with Crippen LogP contribution in [0.4, 0.5) is 4.79 Å². The van der Waals surface area contributed by atoms with Crippen molar-refractivity contribution in [2.45, 2.75) is 38.1 Å². The molecule has 1 fully saturated rings. The van der Waals surface area contributed by atoms with E-state index < -0.39 is 12.2 Å². The van der Waals surface area contributed by atoms with Crippen LogP contribution in [0.3, 0.4) is 0 Å². The van der Waals surface area contributed by atoms with Gasteiger partial charge in [0.2, 0.25) is 0 Å². The van der Waals surface area contributed by atoms with Crippen molar-refractivity contribution < 1.29 is 19.4 Å². The number of rotatable bonds is 7. The van der Waals surface area contributed by atoms with E-state index in [-0.39, 0.29) is 12.6 Å². The van der Waals surface area contributed by atoms with Gasteiger partial charge in [0.15, 0.2) is 0 Å². The summed E-state index contributed by atoms with van der Waals surface area (Å²) in [6.07, 6.45) is 5.45. The number of aryl methyl sites for hydroxylation is 1. The van der Waals surface area contributed by atoms with E-state index >= 15 is 0 Å². The molecule has 1 saturated heterocycles. The normalized spacial score (nSPS) is 21.1. The van der Waals surface area contributed by atoms with Gasteiger partial charge in [0, 0.05) is 19.7 Å². The monoisotopic (exact) mass is 309 g/mol. The van der Waals surface area contributed by atoms with Crippen molar-refractivity contribution >= 4 is 6.09 Å². The third kappa shape index (κ3) is 4.08. The first-order chi connectivity index (χ1) is 10.7. The Morgan fingerprint density at radius 3 is 3.18 bits per heavy atom. The van der Waals surface area contributed by atoms with Crippen LogP contribution in [0, 0.1) is 0 Å². The first-order valence-corrected chi connectivity index (χ1v) is 7.36. The molecule has 0 aliphatic carbocycles. The maximum atomic E-state index is 12.0. The predicted octanol–water partition coefficient (Wildman–Crippen LogP) is 1.18. The smallest absolute Gasteiger partial charge is 0.410 e. The number of hydrogen-bond acceptors (Lipinski definition) is 5. The molecular formula is C15H23N3O4. The summed E-state index contributed by atoms with van der Waals surface area (Å²) in [6.45, 7) is 5.22. The Morgan fingerprint density at radius 2 is 2.45 bits per heavy atom. The van der Waals surface area contributed by atoms with E-state index in [9.17, 15) is 9.90 Å². The number of carbonyl (C=O) groups excluding carboxylic acids is 1. The van der Waals surface area contributed by atoms with E-state index in [0.717, 1.165) is 12.1 Å². The van der Waals surface area contributed by atoms with Gasteiger partial charge in [-0.2, -0.15) is 0 Å². The molecule has 0 unspecified atom stereocenters. The van der Waals surface area contributed by atoms with Crippen LogP contribution >= 0.6 is 0 Å². The minimum atomic E-state index is -0.498. The summed E-state index contributed by atoms with van der Waals surface area (Å²) in [5.41, 5.74) is 0.988. The topological polar surface area (TPSA) is 76.8 Å². The molecule has 2 atom stereocenters. The number of ether oxygens (including phenoxy) is 2. The zero-order valence-electron chi connectivity index (χ0n) is 12.9. The molecule has 7 heteroatoms. The molecular weight excluding hydrogens is 286 g/mol. The summed E-state index contributed by atoms with van der Waals surface area (Å²) in [5, 5.41) is 9.83. The minimum absolute atomic E-state index is 0.0369.